The van der Waals surface area contributed by atoms with E-state index in [0.29, 0.717) is 0 Å². The van der Waals surface area contributed by atoms with Gasteiger partial charge in [0, 0.05) is 32.6 Å². The smallest absolute Gasteiger partial charge is 0.0773 e. The molecular formula is C19H19Br2N3. The lowest BCUT2D eigenvalue weighted by atomic mass is 9.94. The SMILES string of the molecule is CC1=N/C(=C(/c2ccncc2C)c2[nH]c(C)c(Br)c2C)C(C)=C1Br. The Hall–Kier alpha value is -1.46. The molecule has 3 heterocycles. The van der Waals surface area contributed by atoms with E-state index in [1.165, 1.54) is 5.56 Å². The monoisotopic (exact) mass is 447 g/mol. The molecule has 0 atom stereocenters. The summed E-state index contributed by atoms with van der Waals surface area (Å²) in [7, 11) is 0. The molecule has 1 aliphatic heterocycles. The molecule has 0 saturated heterocycles. The number of nitrogens with zero attached hydrogens (tertiary/aromatic N) is 2. The maximum atomic E-state index is 4.84. The van der Waals surface area contributed by atoms with Crippen LogP contribution in [0.5, 0.6) is 0 Å². The molecule has 0 aromatic carbocycles. The number of aromatic amines is 1. The highest BCUT2D eigenvalue weighted by Crippen LogP contribution is 2.40. The lowest BCUT2D eigenvalue weighted by Gasteiger charge is -2.14. The Morgan fingerprint density at radius 1 is 1.08 bits per heavy atom. The highest BCUT2D eigenvalue weighted by Gasteiger charge is 2.25. The van der Waals surface area contributed by atoms with Crippen LogP contribution in [0.15, 0.2) is 43.7 Å². The van der Waals surface area contributed by atoms with Gasteiger partial charge < -0.3 is 4.98 Å². The molecule has 2 aromatic rings. The molecule has 2 aromatic heterocycles. The quantitative estimate of drug-likeness (QED) is 0.601. The zero-order valence-electron chi connectivity index (χ0n) is 14.4. The molecule has 0 fully saturated rings. The minimum absolute atomic E-state index is 1.01. The van der Waals surface area contributed by atoms with Gasteiger partial charge in [-0.05, 0) is 94.8 Å². The maximum absolute atomic E-state index is 4.84. The van der Waals surface area contributed by atoms with Crippen LogP contribution >= 0.6 is 31.9 Å². The van der Waals surface area contributed by atoms with Crippen molar-refractivity contribution >= 4 is 43.1 Å². The molecule has 124 valence electrons. The van der Waals surface area contributed by atoms with Gasteiger partial charge >= 0.3 is 0 Å². The Balaban J connectivity index is 2.41. The Kier molecular flexibility index (Phi) is 4.67. The van der Waals surface area contributed by atoms with Crippen molar-refractivity contribution in [2.75, 3.05) is 0 Å². The molecule has 0 aliphatic carbocycles. The molecule has 5 heteroatoms. The Labute approximate surface area is 159 Å². The standard InChI is InChI=1S/C19H19Br2N3/c1-9-8-22-7-6-14(9)15(18-10(2)16(20)12(4)23-18)19-11(3)17(21)13(5)24-19/h6-8,23H,1-5H3/b19-15-. The van der Waals surface area contributed by atoms with Crippen LogP contribution in [0.25, 0.3) is 5.57 Å². The second kappa shape index (κ2) is 6.45. The van der Waals surface area contributed by atoms with E-state index in [2.05, 4.69) is 75.6 Å². The molecular weight excluding hydrogens is 430 g/mol. The van der Waals surface area contributed by atoms with Gasteiger partial charge in [-0.25, -0.2) is 0 Å². The van der Waals surface area contributed by atoms with E-state index in [4.69, 9.17) is 4.99 Å². The summed E-state index contributed by atoms with van der Waals surface area (Å²) in [5.41, 5.74) is 9.97. The van der Waals surface area contributed by atoms with Crippen LogP contribution in [0, 0.1) is 20.8 Å². The van der Waals surface area contributed by atoms with Crippen molar-refractivity contribution in [1.29, 1.82) is 0 Å². The van der Waals surface area contributed by atoms with Gasteiger partial charge in [0.2, 0.25) is 0 Å². The van der Waals surface area contributed by atoms with Crippen LogP contribution in [-0.4, -0.2) is 15.7 Å². The van der Waals surface area contributed by atoms with Crippen LogP contribution < -0.4 is 0 Å². The van der Waals surface area contributed by atoms with Gasteiger partial charge in [-0.3, -0.25) is 9.98 Å². The summed E-state index contributed by atoms with van der Waals surface area (Å²) in [6, 6.07) is 2.06. The second-order valence-electron chi connectivity index (χ2n) is 6.11. The molecule has 24 heavy (non-hydrogen) atoms. The molecule has 0 bridgehead atoms. The minimum atomic E-state index is 1.01. The van der Waals surface area contributed by atoms with E-state index < -0.39 is 0 Å². The van der Waals surface area contributed by atoms with E-state index in [1.54, 1.807) is 0 Å². The van der Waals surface area contributed by atoms with Gasteiger partial charge in [0.05, 0.1) is 17.1 Å². The van der Waals surface area contributed by atoms with Gasteiger partial charge in [0.25, 0.3) is 0 Å². The van der Waals surface area contributed by atoms with E-state index in [0.717, 1.165) is 54.0 Å². The normalized spacial score (nSPS) is 16.7. The number of hydrogen-bond acceptors (Lipinski definition) is 2. The van der Waals surface area contributed by atoms with Crippen LogP contribution in [0.4, 0.5) is 0 Å². The van der Waals surface area contributed by atoms with Crippen LogP contribution in [-0.2, 0) is 0 Å². The summed E-state index contributed by atoms with van der Waals surface area (Å²) < 4.78 is 2.18. The molecule has 0 unspecified atom stereocenters. The highest BCUT2D eigenvalue weighted by atomic mass is 79.9. The lowest BCUT2D eigenvalue weighted by Crippen LogP contribution is -1.99. The Bertz CT molecular complexity index is 930. The van der Waals surface area contributed by atoms with Gasteiger partial charge in [0.1, 0.15) is 0 Å². The molecule has 1 aliphatic rings. The first-order valence-corrected chi connectivity index (χ1v) is 9.34. The molecule has 0 saturated carbocycles. The van der Waals surface area contributed by atoms with Gasteiger partial charge in [0.15, 0.2) is 0 Å². The number of allylic oxidation sites excluding steroid dienone is 2. The van der Waals surface area contributed by atoms with Crippen molar-refractivity contribution in [3.05, 3.63) is 66.8 Å². The second-order valence-corrected chi connectivity index (χ2v) is 7.70. The number of halogens is 2. The van der Waals surface area contributed by atoms with Crippen molar-refractivity contribution in [2.24, 2.45) is 4.99 Å². The topological polar surface area (TPSA) is 41.0 Å². The summed E-state index contributed by atoms with van der Waals surface area (Å²) in [5.74, 6) is 0. The number of aromatic nitrogens is 2. The van der Waals surface area contributed by atoms with E-state index in [1.807, 2.05) is 19.3 Å². The number of H-pyrrole nitrogens is 1. The first kappa shape index (κ1) is 17.4. The van der Waals surface area contributed by atoms with Crippen LogP contribution in [0.1, 0.15) is 41.9 Å². The molecule has 0 spiro atoms. The van der Waals surface area contributed by atoms with Gasteiger partial charge in [-0.1, -0.05) is 0 Å². The molecule has 3 nitrogen and oxygen atoms in total. The fraction of sp³-hybridized carbons (Fsp3) is 0.263. The number of nitrogens with one attached hydrogen (secondary N) is 1. The first-order valence-electron chi connectivity index (χ1n) is 7.75. The largest absolute Gasteiger partial charge is 0.357 e. The van der Waals surface area contributed by atoms with Crippen LogP contribution in [0.3, 0.4) is 0 Å². The fourth-order valence-corrected chi connectivity index (χ4v) is 3.60. The van der Waals surface area contributed by atoms with Crippen molar-refractivity contribution in [2.45, 2.75) is 34.6 Å². The van der Waals surface area contributed by atoms with Crippen molar-refractivity contribution in [3.63, 3.8) is 0 Å². The zero-order valence-corrected chi connectivity index (χ0v) is 17.6. The van der Waals surface area contributed by atoms with E-state index in [9.17, 15) is 0 Å². The summed E-state index contributed by atoms with van der Waals surface area (Å²) >= 11 is 7.35. The van der Waals surface area contributed by atoms with Gasteiger partial charge in [-0.2, -0.15) is 0 Å². The fourth-order valence-electron chi connectivity index (χ4n) is 3.03. The summed E-state index contributed by atoms with van der Waals surface area (Å²) in [4.78, 5) is 12.6. The molecule has 0 amide bonds. The summed E-state index contributed by atoms with van der Waals surface area (Å²) in [5, 5.41) is 0. The van der Waals surface area contributed by atoms with Crippen molar-refractivity contribution in [1.82, 2.24) is 9.97 Å². The first-order chi connectivity index (χ1) is 11.3. The molecule has 1 N–H and O–H groups in total. The summed E-state index contributed by atoms with van der Waals surface area (Å²) in [6.07, 6.45) is 3.73. The average molecular weight is 449 g/mol. The number of hydrogen-bond donors (Lipinski definition) is 1. The predicted octanol–water partition coefficient (Wildman–Crippen LogP) is 6.00. The van der Waals surface area contributed by atoms with Crippen molar-refractivity contribution in [3.8, 4) is 0 Å². The third kappa shape index (κ3) is 2.74. The summed E-state index contributed by atoms with van der Waals surface area (Å²) in [6.45, 7) is 10.4. The highest BCUT2D eigenvalue weighted by molar-refractivity contribution is 9.12. The third-order valence-corrected chi connectivity index (χ3v) is 6.76. The van der Waals surface area contributed by atoms with E-state index in [-0.39, 0.29) is 0 Å². The number of pyridine rings is 1. The van der Waals surface area contributed by atoms with Crippen molar-refractivity contribution < 1.29 is 0 Å². The Morgan fingerprint density at radius 2 is 1.79 bits per heavy atom. The lowest BCUT2D eigenvalue weighted by molar-refractivity contribution is 1.19. The Morgan fingerprint density at radius 3 is 2.29 bits per heavy atom. The predicted molar refractivity (Wildman–Crippen MR) is 108 cm³/mol. The van der Waals surface area contributed by atoms with Gasteiger partial charge in [-0.15, -0.1) is 0 Å². The van der Waals surface area contributed by atoms with Crippen LogP contribution in [0.2, 0.25) is 0 Å². The number of aryl methyl sites for hydroxylation is 2. The number of aliphatic imine (C=N–C) groups is 1. The maximum Gasteiger partial charge on any atom is 0.0773 e. The molecule has 0 radical (unpaired) electrons. The van der Waals surface area contributed by atoms with E-state index >= 15 is 0 Å². The average Bonchev–Trinajstić information content (AvgIpc) is 2.95. The minimum Gasteiger partial charge on any atom is -0.357 e. The third-order valence-electron chi connectivity index (χ3n) is 4.40. The molecule has 3 rings (SSSR count). The number of rotatable bonds is 2. The zero-order chi connectivity index (χ0) is 17.6.